The molecule has 2 rings (SSSR count). The van der Waals surface area contributed by atoms with E-state index in [2.05, 4.69) is 10.5 Å². The van der Waals surface area contributed by atoms with E-state index in [1.54, 1.807) is 31.2 Å². The van der Waals surface area contributed by atoms with Crippen LogP contribution in [0, 0.1) is 6.92 Å². The molecule has 0 saturated heterocycles. The Labute approximate surface area is 155 Å². The molecule has 1 heterocycles. The number of carbonyl (C=O) groups is 3. The highest BCUT2D eigenvalue weighted by Gasteiger charge is 2.28. The Morgan fingerprint density at radius 1 is 1.37 bits per heavy atom. The number of methoxy groups -OCH3 is 1. The second kappa shape index (κ2) is 8.84. The Morgan fingerprint density at radius 3 is 2.52 bits per heavy atom. The van der Waals surface area contributed by atoms with Crippen molar-refractivity contribution < 1.29 is 28.8 Å². The van der Waals surface area contributed by atoms with Gasteiger partial charge in [0.2, 0.25) is 18.2 Å². The lowest BCUT2D eigenvalue weighted by Crippen LogP contribution is -2.51. The van der Waals surface area contributed by atoms with Crippen LogP contribution in [0.1, 0.15) is 18.2 Å². The van der Waals surface area contributed by atoms with Crippen LogP contribution >= 0.6 is 0 Å². The van der Waals surface area contributed by atoms with Crippen LogP contribution in [0.4, 0.5) is 5.88 Å². The minimum Gasteiger partial charge on any atom is -0.497 e. The van der Waals surface area contributed by atoms with Gasteiger partial charge in [0.1, 0.15) is 17.8 Å². The lowest BCUT2D eigenvalue weighted by Gasteiger charge is -2.23. The van der Waals surface area contributed by atoms with Gasteiger partial charge in [-0.3, -0.25) is 14.5 Å². The van der Waals surface area contributed by atoms with Crippen LogP contribution in [0.15, 0.2) is 34.9 Å². The monoisotopic (exact) mass is 375 g/mol. The van der Waals surface area contributed by atoms with E-state index < -0.39 is 24.0 Å². The van der Waals surface area contributed by atoms with Crippen molar-refractivity contribution >= 4 is 24.2 Å². The van der Waals surface area contributed by atoms with Gasteiger partial charge in [-0.1, -0.05) is 17.3 Å². The molecule has 9 nitrogen and oxygen atoms in total. The third kappa shape index (κ3) is 5.06. The van der Waals surface area contributed by atoms with Crippen molar-refractivity contribution in [3.8, 4) is 5.75 Å². The molecule has 2 N–H and O–H groups in total. The molecule has 0 bridgehead atoms. The van der Waals surface area contributed by atoms with Gasteiger partial charge in [0, 0.05) is 12.5 Å². The van der Waals surface area contributed by atoms with Crippen LogP contribution in [0.25, 0.3) is 0 Å². The van der Waals surface area contributed by atoms with Crippen LogP contribution in [0.2, 0.25) is 0 Å². The number of ether oxygens (including phenoxy) is 1. The Balaban J connectivity index is 2.08. The van der Waals surface area contributed by atoms with Crippen molar-refractivity contribution in [1.82, 2.24) is 10.5 Å². The van der Waals surface area contributed by atoms with Gasteiger partial charge in [0.25, 0.3) is 0 Å². The number of benzene rings is 1. The largest absolute Gasteiger partial charge is 0.497 e. The number of aromatic nitrogens is 1. The van der Waals surface area contributed by atoms with Gasteiger partial charge in [-0.2, -0.15) is 0 Å². The van der Waals surface area contributed by atoms with E-state index >= 15 is 0 Å². The van der Waals surface area contributed by atoms with Gasteiger partial charge >= 0.3 is 5.97 Å². The molecular weight excluding hydrogens is 354 g/mol. The summed E-state index contributed by atoms with van der Waals surface area (Å²) in [5.74, 6) is -1.06. The molecule has 2 unspecified atom stereocenters. The molecule has 1 aromatic heterocycles. The lowest BCUT2D eigenvalue weighted by molar-refractivity contribution is -0.141. The Hall–Kier alpha value is -3.36. The molecule has 9 heteroatoms. The SMILES string of the molecule is COc1ccc(CC(NC(=O)C(C)N(C=O)c2cc(C)no2)C(=O)O)cc1. The third-order valence-corrected chi connectivity index (χ3v) is 3.99. The summed E-state index contributed by atoms with van der Waals surface area (Å²) in [6.07, 6.45) is 0.518. The van der Waals surface area contributed by atoms with Crippen molar-refractivity contribution in [3.05, 3.63) is 41.6 Å². The van der Waals surface area contributed by atoms with Crippen LogP contribution in [-0.4, -0.2) is 47.7 Å². The molecule has 0 aliphatic heterocycles. The minimum atomic E-state index is -1.18. The normalized spacial score (nSPS) is 12.7. The molecule has 0 aliphatic carbocycles. The number of hydrogen-bond acceptors (Lipinski definition) is 6. The van der Waals surface area contributed by atoms with E-state index in [4.69, 9.17) is 9.26 Å². The predicted octanol–water partition coefficient (Wildman–Crippen LogP) is 1.16. The summed E-state index contributed by atoms with van der Waals surface area (Å²) in [7, 11) is 1.53. The molecule has 2 aromatic rings. The standard InChI is InChI=1S/C18H21N3O6/c1-11-8-16(27-20-11)21(10-22)12(2)17(23)19-15(18(24)25)9-13-4-6-14(26-3)7-5-13/h4-8,10,12,15H,9H2,1-3H3,(H,19,23)(H,24,25). The van der Waals surface area contributed by atoms with Gasteiger partial charge in [-0.25, -0.2) is 4.79 Å². The fraction of sp³-hybridized carbons (Fsp3) is 0.333. The number of nitrogens with one attached hydrogen (secondary N) is 1. The van der Waals surface area contributed by atoms with E-state index in [1.807, 2.05) is 0 Å². The van der Waals surface area contributed by atoms with E-state index in [9.17, 15) is 19.5 Å². The van der Waals surface area contributed by atoms with Crippen molar-refractivity contribution in [2.24, 2.45) is 0 Å². The number of anilines is 1. The molecule has 27 heavy (non-hydrogen) atoms. The summed E-state index contributed by atoms with van der Waals surface area (Å²) in [5.41, 5.74) is 1.27. The highest BCUT2D eigenvalue weighted by atomic mass is 16.5. The maximum Gasteiger partial charge on any atom is 0.326 e. The molecule has 0 fully saturated rings. The Kier molecular flexibility index (Phi) is 6.53. The lowest BCUT2D eigenvalue weighted by atomic mass is 10.1. The second-order valence-corrected chi connectivity index (χ2v) is 5.95. The Bertz CT molecular complexity index is 802. The molecule has 144 valence electrons. The van der Waals surface area contributed by atoms with Gasteiger partial charge in [0.15, 0.2) is 0 Å². The summed E-state index contributed by atoms with van der Waals surface area (Å²) in [6.45, 7) is 3.14. The maximum atomic E-state index is 12.5. The molecule has 2 atom stereocenters. The van der Waals surface area contributed by atoms with Crippen LogP contribution in [-0.2, 0) is 20.8 Å². The number of rotatable bonds is 9. The smallest absolute Gasteiger partial charge is 0.326 e. The minimum absolute atomic E-state index is 0.0836. The molecule has 0 aliphatic rings. The number of nitrogens with zero attached hydrogens (tertiary/aromatic N) is 2. The zero-order valence-electron chi connectivity index (χ0n) is 15.2. The van der Waals surface area contributed by atoms with Crippen LogP contribution < -0.4 is 15.0 Å². The first kappa shape index (κ1) is 20.0. The first-order valence-electron chi connectivity index (χ1n) is 8.18. The highest BCUT2D eigenvalue weighted by molar-refractivity contribution is 5.93. The zero-order chi connectivity index (χ0) is 20.0. The summed E-state index contributed by atoms with van der Waals surface area (Å²) >= 11 is 0. The summed E-state index contributed by atoms with van der Waals surface area (Å²) in [4.78, 5) is 36.4. The molecule has 0 spiro atoms. The summed E-state index contributed by atoms with van der Waals surface area (Å²) in [6, 6.07) is 6.23. The topological polar surface area (TPSA) is 122 Å². The quantitative estimate of drug-likeness (QED) is 0.631. The van der Waals surface area contributed by atoms with Crippen molar-refractivity contribution in [2.45, 2.75) is 32.4 Å². The van der Waals surface area contributed by atoms with Crippen molar-refractivity contribution in [3.63, 3.8) is 0 Å². The van der Waals surface area contributed by atoms with E-state index in [-0.39, 0.29) is 12.3 Å². The average Bonchev–Trinajstić information content (AvgIpc) is 3.08. The molecule has 0 radical (unpaired) electrons. The predicted molar refractivity (Wildman–Crippen MR) is 95.5 cm³/mol. The summed E-state index contributed by atoms with van der Waals surface area (Å²) < 4.78 is 10.1. The van der Waals surface area contributed by atoms with Gasteiger partial charge in [-0.05, 0) is 31.5 Å². The third-order valence-electron chi connectivity index (χ3n) is 3.99. The fourth-order valence-electron chi connectivity index (χ4n) is 2.42. The van der Waals surface area contributed by atoms with E-state index in [0.717, 1.165) is 4.90 Å². The molecule has 2 amide bonds. The average molecular weight is 375 g/mol. The van der Waals surface area contributed by atoms with Gasteiger partial charge in [0.05, 0.1) is 12.8 Å². The number of aryl methyl sites for hydroxylation is 1. The first-order valence-corrected chi connectivity index (χ1v) is 8.18. The number of carbonyl (C=O) groups excluding carboxylic acids is 2. The number of carboxylic acid groups (broad SMARTS) is 1. The molecule has 1 aromatic carbocycles. The number of amides is 2. The second-order valence-electron chi connectivity index (χ2n) is 5.95. The first-order chi connectivity index (χ1) is 12.8. The zero-order valence-corrected chi connectivity index (χ0v) is 15.2. The van der Waals surface area contributed by atoms with Crippen molar-refractivity contribution in [2.75, 3.05) is 12.0 Å². The maximum absolute atomic E-state index is 12.5. The van der Waals surface area contributed by atoms with E-state index in [1.165, 1.54) is 20.1 Å². The number of carboxylic acids is 1. The van der Waals surface area contributed by atoms with Gasteiger partial charge < -0.3 is 19.7 Å². The van der Waals surface area contributed by atoms with E-state index in [0.29, 0.717) is 23.4 Å². The van der Waals surface area contributed by atoms with Crippen LogP contribution in [0.3, 0.4) is 0 Å². The highest BCUT2D eigenvalue weighted by Crippen LogP contribution is 2.17. The number of hydrogen-bond donors (Lipinski definition) is 2. The van der Waals surface area contributed by atoms with Crippen LogP contribution in [0.5, 0.6) is 5.75 Å². The molecular formula is C18H21N3O6. The number of aliphatic carboxylic acids is 1. The summed E-state index contributed by atoms with van der Waals surface area (Å²) in [5, 5.41) is 15.6. The van der Waals surface area contributed by atoms with Crippen molar-refractivity contribution in [1.29, 1.82) is 0 Å². The molecule has 0 saturated carbocycles. The van der Waals surface area contributed by atoms with Gasteiger partial charge in [-0.15, -0.1) is 0 Å². The fourth-order valence-corrected chi connectivity index (χ4v) is 2.42. The Morgan fingerprint density at radius 2 is 2.04 bits per heavy atom.